The van der Waals surface area contributed by atoms with Gasteiger partial charge in [-0.3, -0.25) is 0 Å². The van der Waals surface area contributed by atoms with E-state index in [1.165, 1.54) is 5.56 Å². The van der Waals surface area contributed by atoms with Crippen LogP contribution in [0.1, 0.15) is 6.92 Å². The van der Waals surface area contributed by atoms with Gasteiger partial charge < -0.3 is 14.6 Å². The van der Waals surface area contributed by atoms with Gasteiger partial charge in [-0.2, -0.15) is 0 Å². The van der Waals surface area contributed by atoms with Gasteiger partial charge in [0, 0.05) is 0 Å². The molecule has 0 bridgehead atoms. The molecule has 0 saturated heterocycles. The molecule has 0 aliphatic carbocycles. The Balaban J connectivity index is 1.88. The van der Waals surface area contributed by atoms with Gasteiger partial charge in [-0.15, -0.1) is 0 Å². The minimum Gasteiger partial charge on any atom is -0.491 e. The van der Waals surface area contributed by atoms with E-state index in [0.717, 1.165) is 11.3 Å². The Morgan fingerprint density at radius 1 is 0.895 bits per heavy atom. The van der Waals surface area contributed by atoms with Crippen LogP contribution in [-0.4, -0.2) is 24.6 Å². The smallest absolute Gasteiger partial charge is 0.151 e. The summed E-state index contributed by atoms with van der Waals surface area (Å²) in [6.07, 6.45) is -0.746. The van der Waals surface area contributed by atoms with E-state index < -0.39 is 6.29 Å². The molecule has 0 amide bonds. The van der Waals surface area contributed by atoms with Crippen molar-refractivity contribution in [2.75, 3.05) is 13.2 Å². The fourth-order valence-electron chi connectivity index (χ4n) is 1.75. The van der Waals surface area contributed by atoms with Crippen molar-refractivity contribution in [1.29, 1.82) is 0 Å². The molecule has 0 aliphatic rings. The topological polar surface area (TPSA) is 38.7 Å². The van der Waals surface area contributed by atoms with Gasteiger partial charge in [-0.25, -0.2) is 0 Å². The van der Waals surface area contributed by atoms with Crippen molar-refractivity contribution >= 4 is 0 Å². The van der Waals surface area contributed by atoms with Crippen molar-refractivity contribution in [1.82, 2.24) is 0 Å². The summed E-state index contributed by atoms with van der Waals surface area (Å²) in [6.45, 7) is 2.38. The molecule has 3 nitrogen and oxygen atoms in total. The summed E-state index contributed by atoms with van der Waals surface area (Å²) in [6, 6.07) is 18.1. The monoisotopic (exact) mass is 258 g/mol. The van der Waals surface area contributed by atoms with Gasteiger partial charge in [0.15, 0.2) is 6.29 Å². The zero-order valence-electron chi connectivity index (χ0n) is 11.0. The van der Waals surface area contributed by atoms with Crippen molar-refractivity contribution in [3.8, 4) is 16.9 Å². The Bertz CT molecular complexity index is 477. The van der Waals surface area contributed by atoms with Crippen molar-refractivity contribution < 1.29 is 14.6 Å². The Kier molecular flexibility index (Phi) is 4.95. The van der Waals surface area contributed by atoms with Gasteiger partial charge >= 0.3 is 0 Å². The van der Waals surface area contributed by atoms with E-state index in [1.54, 1.807) is 6.92 Å². The predicted octanol–water partition coefficient (Wildman–Crippen LogP) is 3.09. The third kappa shape index (κ3) is 4.39. The average Bonchev–Trinajstić information content (AvgIpc) is 2.45. The summed E-state index contributed by atoms with van der Waals surface area (Å²) in [5.74, 6) is 0.800. The lowest BCUT2D eigenvalue weighted by molar-refractivity contribution is -0.0913. The van der Waals surface area contributed by atoms with E-state index in [2.05, 4.69) is 12.1 Å². The van der Waals surface area contributed by atoms with Gasteiger partial charge in [-0.1, -0.05) is 42.5 Å². The highest BCUT2D eigenvalue weighted by molar-refractivity contribution is 5.63. The number of hydrogen-bond acceptors (Lipinski definition) is 3. The fourth-order valence-corrected chi connectivity index (χ4v) is 1.75. The van der Waals surface area contributed by atoms with Crippen molar-refractivity contribution in [2.24, 2.45) is 0 Å². The first-order chi connectivity index (χ1) is 9.25. The Hall–Kier alpha value is -1.84. The number of benzene rings is 2. The van der Waals surface area contributed by atoms with Crippen LogP contribution in [0.5, 0.6) is 5.75 Å². The first kappa shape index (κ1) is 13.6. The molecule has 0 aliphatic heterocycles. The minimum absolute atomic E-state index is 0.373. The molecular weight excluding hydrogens is 240 g/mol. The van der Waals surface area contributed by atoms with Crippen molar-refractivity contribution in [3.63, 3.8) is 0 Å². The van der Waals surface area contributed by atoms with Crippen LogP contribution in [0, 0.1) is 0 Å². The summed E-state index contributed by atoms with van der Waals surface area (Å²) in [4.78, 5) is 0. The van der Waals surface area contributed by atoms with E-state index in [0.29, 0.717) is 13.2 Å². The summed E-state index contributed by atoms with van der Waals surface area (Å²) in [5, 5.41) is 8.93. The Labute approximate surface area is 113 Å². The van der Waals surface area contributed by atoms with Gasteiger partial charge in [0.1, 0.15) is 12.4 Å². The second-order valence-electron chi connectivity index (χ2n) is 4.21. The van der Waals surface area contributed by atoms with E-state index in [9.17, 15) is 0 Å². The van der Waals surface area contributed by atoms with Crippen molar-refractivity contribution in [3.05, 3.63) is 54.6 Å². The van der Waals surface area contributed by atoms with Crippen LogP contribution in [0.15, 0.2) is 54.6 Å². The molecule has 0 aromatic heterocycles. The highest BCUT2D eigenvalue weighted by Crippen LogP contribution is 2.21. The highest BCUT2D eigenvalue weighted by Gasteiger charge is 1.99. The van der Waals surface area contributed by atoms with Crippen LogP contribution in [0.3, 0.4) is 0 Å². The molecule has 0 spiro atoms. The molecule has 0 radical (unpaired) electrons. The lowest BCUT2D eigenvalue weighted by Gasteiger charge is -2.09. The van der Waals surface area contributed by atoms with Crippen LogP contribution >= 0.6 is 0 Å². The summed E-state index contributed by atoms with van der Waals surface area (Å²) in [7, 11) is 0. The minimum atomic E-state index is -0.746. The largest absolute Gasteiger partial charge is 0.491 e. The molecule has 0 heterocycles. The Morgan fingerprint density at radius 3 is 2.16 bits per heavy atom. The third-order valence-electron chi connectivity index (χ3n) is 2.67. The van der Waals surface area contributed by atoms with E-state index in [4.69, 9.17) is 14.6 Å². The van der Waals surface area contributed by atoms with E-state index in [1.807, 2.05) is 42.5 Å². The summed E-state index contributed by atoms with van der Waals surface area (Å²) in [5.41, 5.74) is 2.35. The number of aliphatic hydroxyl groups is 1. The van der Waals surface area contributed by atoms with E-state index in [-0.39, 0.29) is 0 Å². The maximum atomic E-state index is 8.93. The lowest BCUT2D eigenvalue weighted by Crippen LogP contribution is -2.13. The molecule has 1 atom stereocenters. The first-order valence-corrected chi connectivity index (χ1v) is 6.33. The second kappa shape index (κ2) is 6.92. The van der Waals surface area contributed by atoms with Crippen LogP contribution in [0.2, 0.25) is 0 Å². The van der Waals surface area contributed by atoms with Gasteiger partial charge in [0.2, 0.25) is 0 Å². The average molecular weight is 258 g/mol. The SMILES string of the molecule is CC(O)OCCOc1ccc(-c2ccccc2)cc1. The van der Waals surface area contributed by atoms with Crippen LogP contribution in [0.4, 0.5) is 0 Å². The second-order valence-corrected chi connectivity index (χ2v) is 4.21. The van der Waals surface area contributed by atoms with Gasteiger partial charge in [-0.05, 0) is 30.2 Å². The van der Waals surface area contributed by atoms with Crippen molar-refractivity contribution in [2.45, 2.75) is 13.2 Å². The summed E-state index contributed by atoms with van der Waals surface area (Å²) >= 11 is 0. The number of rotatable bonds is 6. The number of ether oxygens (including phenoxy) is 2. The zero-order chi connectivity index (χ0) is 13.5. The molecule has 1 N–H and O–H groups in total. The van der Waals surface area contributed by atoms with Crippen LogP contribution in [0.25, 0.3) is 11.1 Å². The fraction of sp³-hybridized carbons (Fsp3) is 0.250. The molecule has 2 aromatic rings. The molecule has 1 unspecified atom stereocenters. The molecule has 2 rings (SSSR count). The number of aliphatic hydroxyl groups excluding tert-OH is 1. The predicted molar refractivity (Wildman–Crippen MR) is 75.0 cm³/mol. The Morgan fingerprint density at radius 2 is 1.53 bits per heavy atom. The lowest BCUT2D eigenvalue weighted by atomic mass is 10.1. The summed E-state index contributed by atoms with van der Waals surface area (Å²) < 4.78 is 10.5. The molecule has 3 heteroatoms. The van der Waals surface area contributed by atoms with Crippen LogP contribution in [-0.2, 0) is 4.74 Å². The number of hydrogen-bond donors (Lipinski definition) is 1. The normalized spacial score (nSPS) is 12.1. The zero-order valence-corrected chi connectivity index (χ0v) is 11.0. The molecule has 19 heavy (non-hydrogen) atoms. The third-order valence-corrected chi connectivity index (χ3v) is 2.67. The molecule has 2 aromatic carbocycles. The molecule has 0 fully saturated rings. The highest BCUT2D eigenvalue weighted by atomic mass is 16.6. The van der Waals surface area contributed by atoms with Gasteiger partial charge in [0.25, 0.3) is 0 Å². The van der Waals surface area contributed by atoms with Crippen LogP contribution < -0.4 is 4.74 Å². The maximum absolute atomic E-state index is 8.93. The molecule has 0 saturated carbocycles. The standard InChI is InChI=1S/C16H18O3/c1-13(17)18-11-12-19-16-9-7-15(8-10-16)14-5-3-2-4-6-14/h2-10,13,17H,11-12H2,1H3. The van der Waals surface area contributed by atoms with Gasteiger partial charge in [0.05, 0.1) is 6.61 Å². The first-order valence-electron chi connectivity index (χ1n) is 6.33. The molecular formula is C16H18O3. The maximum Gasteiger partial charge on any atom is 0.151 e. The molecule has 100 valence electrons. The quantitative estimate of drug-likeness (QED) is 0.639. The van der Waals surface area contributed by atoms with E-state index >= 15 is 0 Å².